The predicted octanol–water partition coefficient (Wildman–Crippen LogP) is -0.234. The third-order valence-electron chi connectivity index (χ3n) is 2.90. The maximum Gasteiger partial charge on any atom is 0.239 e. The van der Waals surface area contributed by atoms with Gasteiger partial charge in [0, 0.05) is 25.9 Å². The average Bonchev–Trinajstić information content (AvgIpc) is 2.30. The Morgan fingerprint density at radius 1 is 1.47 bits per heavy atom. The Bertz CT molecular complexity index is 415. The van der Waals surface area contributed by atoms with E-state index >= 15 is 0 Å². The molecule has 1 aromatic heterocycles. The number of anilines is 1. The molecule has 6 nitrogen and oxygen atoms in total. The van der Waals surface area contributed by atoms with Crippen molar-refractivity contribution >= 4 is 37.9 Å². The van der Waals surface area contributed by atoms with Crippen LogP contribution in [0.2, 0.25) is 0 Å². The van der Waals surface area contributed by atoms with Crippen molar-refractivity contribution in [1.82, 2.24) is 15.3 Å². The molecule has 92 valence electrons. The molecule has 1 fully saturated rings. The average molecular weight is 347 g/mol. The molecule has 0 unspecified atom stereocenters. The Hall–Kier alpha value is -0.800. The summed E-state index contributed by atoms with van der Waals surface area (Å²) >= 11 is 1.94. The van der Waals surface area contributed by atoms with Crippen LogP contribution < -0.4 is 16.4 Å². The lowest BCUT2D eigenvalue weighted by atomic mass is 10.1. The van der Waals surface area contributed by atoms with Gasteiger partial charge in [0.2, 0.25) is 5.82 Å². The number of hydrogen-bond donors (Lipinski definition) is 4. The monoisotopic (exact) mass is 347 g/mol. The number of piperidine rings is 1. The first-order valence-electron chi connectivity index (χ1n) is 5.59. The van der Waals surface area contributed by atoms with Gasteiger partial charge in [0.25, 0.3) is 0 Å². The Morgan fingerprint density at radius 3 is 2.82 bits per heavy atom. The fourth-order valence-corrected chi connectivity index (χ4v) is 2.55. The lowest BCUT2D eigenvalue weighted by Gasteiger charge is -2.20. The van der Waals surface area contributed by atoms with Gasteiger partial charge in [-0.25, -0.2) is 4.98 Å². The van der Waals surface area contributed by atoms with Crippen molar-refractivity contribution in [2.45, 2.75) is 18.9 Å². The van der Waals surface area contributed by atoms with Crippen molar-refractivity contribution in [3.63, 3.8) is 0 Å². The maximum absolute atomic E-state index is 7.73. The third kappa shape index (κ3) is 3.11. The minimum absolute atomic E-state index is 0.389. The van der Waals surface area contributed by atoms with E-state index in [-0.39, 0.29) is 0 Å². The second-order valence-corrected chi connectivity index (χ2v) is 5.17. The topological polar surface area (TPSA) is 104 Å². The van der Waals surface area contributed by atoms with Gasteiger partial charge in [-0.15, -0.1) is 0 Å². The van der Waals surface area contributed by atoms with Crippen LogP contribution in [0.15, 0.2) is 6.33 Å². The number of quaternary nitrogens is 1. The second-order valence-electron chi connectivity index (χ2n) is 4.09. The summed E-state index contributed by atoms with van der Waals surface area (Å²) in [5.41, 5.74) is 6.46. The summed E-state index contributed by atoms with van der Waals surface area (Å²) in [5.74, 6) is 1.18. The van der Waals surface area contributed by atoms with Crippen LogP contribution in [-0.4, -0.2) is 32.8 Å². The molecular formula is C10H16IN6+. The van der Waals surface area contributed by atoms with Gasteiger partial charge in [-0.05, 0) is 22.6 Å². The van der Waals surface area contributed by atoms with Crippen LogP contribution in [0.5, 0.6) is 0 Å². The molecular weight excluding hydrogens is 331 g/mol. The van der Waals surface area contributed by atoms with Crippen molar-refractivity contribution in [2.75, 3.05) is 18.8 Å². The van der Waals surface area contributed by atoms with Crippen LogP contribution in [0.25, 0.3) is 0 Å². The molecule has 0 saturated carbocycles. The highest BCUT2D eigenvalue weighted by Gasteiger charge is 2.22. The first-order valence-corrected chi connectivity index (χ1v) is 6.67. The highest BCUT2D eigenvalue weighted by Crippen LogP contribution is 2.17. The SMILES string of the molecule is N=C(I)c1c(N)ncnc1[NH2+]C1CCNCC1. The summed E-state index contributed by atoms with van der Waals surface area (Å²) < 4.78 is 0.390. The molecule has 2 heterocycles. The molecule has 7 heteroatoms. The van der Waals surface area contributed by atoms with Crippen molar-refractivity contribution < 1.29 is 5.32 Å². The molecule has 0 radical (unpaired) electrons. The van der Waals surface area contributed by atoms with Gasteiger partial charge in [-0.1, -0.05) is 0 Å². The van der Waals surface area contributed by atoms with Crippen molar-refractivity contribution in [2.24, 2.45) is 0 Å². The summed E-state index contributed by atoms with van der Waals surface area (Å²) in [4.78, 5) is 8.18. The zero-order valence-corrected chi connectivity index (χ0v) is 11.6. The minimum atomic E-state index is 0.389. The Morgan fingerprint density at radius 2 is 2.18 bits per heavy atom. The van der Waals surface area contributed by atoms with Crippen LogP contribution in [0, 0.1) is 5.41 Å². The van der Waals surface area contributed by atoms with E-state index in [1.54, 1.807) is 0 Å². The Labute approximate surface area is 113 Å². The number of nitrogens with zero attached hydrogens (tertiary/aromatic N) is 2. The number of nitrogen functional groups attached to an aromatic ring is 1. The van der Waals surface area contributed by atoms with E-state index in [0.717, 1.165) is 31.7 Å². The molecule has 0 aromatic carbocycles. The first-order chi connectivity index (χ1) is 8.18. The molecule has 0 aliphatic carbocycles. The van der Waals surface area contributed by atoms with Gasteiger partial charge in [0.15, 0.2) is 0 Å². The molecule has 17 heavy (non-hydrogen) atoms. The maximum atomic E-state index is 7.73. The lowest BCUT2D eigenvalue weighted by Crippen LogP contribution is -2.86. The van der Waals surface area contributed by atoms with Gasteiger partial charge in [0.05, 0.1) is 6.04 Å². The number of nitrogens with two attached hydrogens (primary N) is 2. The molecule has 1 aliphatic heterocycles. The largest absolute Gasteiger partial charge is 0.383 e. The summed E-state index contributed by atoms with van der Waals surface area (Å²) in [6, 6.07) is 0.514. The second kappa shape index (κ2) is 5.69. The summed E-state index contributed by atoms with van der Waals surface area (Å²) in [5, 5.41) is 13.2. The van der Waals surface area contributed by atoms with E-state index in [1.807, 2.05) is 22.6 Å². The molecule has 1 aliphatic rings. The normalized spacial score (nSPS) is 17.0. The third-order valence-corrected chi connectivity index (χ3v) is 3.44. The van der Waals surface area contributed by atoms with Gasteiger partial charge in [-0.2, -0.15) is 4.98 Å². The van der Waals surface area contributed by atoms with E-state index in [4.69, 9.17) is 11.1 Å². The zero-order valence-electron chi connectivity index (χ0n) is 9.41. The van der Waals surface area contributed by atoms with Gasteiger partial charge in [0.1, 0.15) is 21.4 Å². The van der Waals surface area contributed by atoms with E-state index < -0.39 is 0 Å². The summed E-state index contributed by atoms with van der Waals surface area (Å²) in [6.45, 7) is 2.08. The number of hydrogen-bond acceptors (Lipinski definition) is 5. The zero-order chi connectivity index (χ0) is 12.3. The van der Waals surface area contributed by atoms with Crippen molar-refractivity contribution in [3.05, 3.63) is 11.9 Å². The van der Waals surface area contributed by atoms with E-state index in [2.05, 4.69) is 20.6 Å². The number of halogens is 1. The Kier molecular flexibility index (Phi) is 4.24. The summed E-state index contributed by atoms with van der Waals surface area (Å²) in [6.07, 6.45) is 3.68. The van der Waals surface area contributed by atoms with E-state index in [1.165, 1.54) is 6.33 Å². The standard InChI is InChI=1S/C10H15IN6/c11-8(12)7-9(13)15-5-16-10(7)17-6-1-3-14-4-2-6/h5-6,12,14H,1-4H2,(H3,13,15,16,17)/p+1. The fourth-order valence-electron chi connectivity index (χ4n) is 2.00. The number of rotatable bonds is 3. The summed E-state index contributed by atoms with van der Waals surface area (Å²) in [7, 11) is 0. The molecule has 0 spiro atoms. The molecule has 2 rings (SSSR count). The van der Waals surface area contributed by atoms with Crippen LogP contribution in [0.4, 0.5) is 11.6 Å². The molecule has 6 N–H and O–H groups in total. The molecule has 0 bridgehead atoms. The van der Waals surface area contributed by atoms with Gasteiger partial charge < -0.3 is 11.1 Å². The van der Waals surface area contributed by atoms with Gasteiger partial charge >= 0.3 is 0 Å². The van der Waals surface area contributed by atoms with Crippen molar-refractivity contribution in [3.8, 4) is 0 Å². The molecule has 0 amide bonds. The highest BCUT2D eigenvalue weighted by molar-refractivity contribution is 14.1. The predicted molar refractivity (Wildman–Crippen MR) is 74.8 cm³/mol. The number of aromatic nitrogens is 2. The fraction of sp³-hybridized carbons (Fsp3) is 0.500. The van der Waals surface area contributed by atoms with Crippen molar-refractivity contribution in [1.29, 1.82) is 5.41 Å². The van der Waals surface area contributed by atoms with Crippen LogP contribution in [-0.2, 0) is 0 Å². The quantitative estimate of drug-likeness (QED) is 0.448. The first kappa shape index (κ1) is 12.7. The van der Waals surface area contributed by atoms with E-state index in [0.29, 0.717) is 21.1 Å². The molecule has 0 atom stereocenters. The highest BCUT2D eigenvalue weighted by atomic mass is 127. The smallest absolute Gasteiger partial charge is 0.239 e. The minimum Gasteiger partial charge on any atom is -0.383 e. The van der Waals surface area contributed by atoms with Gasteiger partial charge in [-0.3, -0.25) is 10.7 Å². The van der Waals surface area contributed by atoms with Crippen LogP contribution >= 0.6 is 22.6 Å². The lowest BCUT2D eigenvalue weighted by molar-refractivity contribution is -0.616. The van der Waals surface area contributed by atoms with Crippen LogP contribution in [0.3, 0.4) is 0 Å². The Balaban J connectivity index is 2.19. The van der Waals surface area contributed by atoms with Crippen LogP contribution in [0.1, 0.15) is 18.4 Å². The number of nitrogens with one attached hydrogen (secondary N) is 2. The molecule has 1 saturated heterocycles. The van der Waals surface area contributed by atoms with E-state index in [9.17, 15) is 0 Å². The molecule has 1 aromatic rings.